The summed E-state index contributed by atoms with van der Waals surface area (Å²) in [4.78, 5) is 4.31. The van der Waals surface area contributed by atoms with Crippen LogP contribution in [0.15, 0.2) is 42.6 Å². The Balaban J connectivity index is 2.64. The lowest BCUT2D eigenvalue weighted by Crippen LogP contribution is -1.93. The van der Waals surface area contributed by atoms with Gasteiger partial charge in [-0.05, 0) is 24.3 Å². The predicted molar refractivity (Wildman–Crippen MR) is 57.4 cm³/mol. The van der Waals surface area contributed by atoms with Crippen LogP contribution in [0.1, 0.15) is 5.69 Å². The van der Waals surface area contributed by atoms with Crippen molar-refractivity contribution >= 4 is 16.6 Å². The molecule has 0 saturated carbocycles. The molecular formula is C12H7N3. The maximum absolute atomic E-state index is 8.99. The molecule has 2 aromatic heterocycles. The maximum Gasteiger partial charge on any atom is 0.165 e. The van der Waals surface area contributed by atoms with Crippen molar-refractivity contribution in [3.05, 3.63) is 48.3 Å². The van der Waals surface area contributed by atoms with Crippen LogP contribution >= 0.6 is 0 Å². The highest BCUT2D eigenvalue weighted by Crippen LogP contribution is 2.17. The van der Waals surface area contributed by atoms with Gasteiger partial charge in [0.25, 0.3) is 0 Å². The van der Waals surface area contributed by atoms with Gasteiger partial charge < -0.3 is 4.40 Å². The highest BCUT2D eigenvalue weighted by Gasteiger charge is 2.05. The van der Waals surface area contributed by atoms with E-state index in [-0.39, 0.29) is 0 Å². The number of nitrogens with zero attached hydrogens (tertiary/aromatic N) is 3. The summed E-state index contributed by atoms with van der Waals surface area (Å²) in [5, 5.41) is 8.99. The standard InChI is InChI=1S/C12H7N3/c13-8-10-12-6-3-7-15(12)11-5-2-1-4-9(11)14-10/h1-7H. The van der Waals surface area contributed by atoms with Gasteiger partial charge >= 0.3 is 0 Å². The van der Waals surface area contributed by atoms with Gasteiger partial charge in [0.1, 0.15) is 6.07 Å². The van der Waals surface area contributed by atoms with Crippen LogP contribution in [-0.4, -0.2) is 9.38 Å². The molecule has 3 rings (SSSR count). The molecule has 3 aromatic rings. The van der Waals surface area contributed by atoms with E-state index in [1.54, 1.807) is 0 Å². The quantitative estimate of drug-likeness (QED) is 0.550. The third-order valence-corrected chi connectivity index (χ3v) is 2.47. The lowest BCUT2D eigenvalue weighted by Gasteiger charge is -2.02. The van der Waals surface area contributed by atoms with Gasteiger partial charge in [-0.1, -0.05) is 12.1 Å². The van der Waals surface area contributed by atoms with E-state index in [0.29, 0.717) is 5.69 Å². The zero-order valence-corrected chi connectivity index (χ0v) is 7.88. The molecule has 0 aliphatic carbocycles. The second-order valence-electron chi connectivity index (χ2n) is 3.32. The highest BCUT2D eigenvalue weighted by molar-refractivity contribution is 5.80. The largest absolute Gasteiger partial charge is 0.312 e. The molecule has 0 spiro atoms. The monoisotopic (exact) mass is 193 g/mol. The minimum atomic E-state index is 0.471. The van der Waals surface area contributed by atoms with E-state index < -0.39 is 0 Å². The summed E-state index contributed by atoms with van der Waals surface area (Å²) in [5.74, 6) is 0. The summed E-state index contributed by atoms with van der Waals surface area (Å²) in [6.45, 7) is 0. The van der Waals surface area contributed by atoms with Crippen LogP contribution in [0.5, 0.6) is 0 Å². The van der Waals surface area contributed by atoms with Crippen LogP contribution in [-0.2, 0) is 0 Å². The molecule has 0 N–H and O–H groups in total. The van der Waals surface area contributed by atoms with Gasteiger partial charge in [0.05, 0.1) is 16.6 Å². The summed E-state index contributed by atoms with van der Waals surface area (Å²) in [6.07, 6.45) is 1.94. The normalized spacial score (nSPS) is 10.6. The van der Waals surface area contributed by atoms with Gasteiger partial charge in [0.2, 0.25) is 0 Å². The second kappa shape index (κ2) is 2.82. The van der Waals surface area contributed by atoms with Crippen molar-refractivity contribution in [1.29, 1.82) is 5.26 Å². The van der Waals surface area contributed by atoms with Crippen molar-refractivity contribution in [2.75, 3.05) is 0 Å². The molecule has 3 nitrogen and oxygen atoms in total. The molecule has 0 atom stereocenters. The summed E-state index contributed by atoms with van der Waals surface area (Å²) >= 11 is 0. The van der Waals surface area contributed by atoms with Gasteiger partial charge in [-0.25, -0.2) is 4.98 Å². The molecule has 0 unspecified atom stereocenters. The Morgan fingerprint density at radius 3 is 2.73 bits per heavy atom. The molecule has 0 amide bonds. The molecule has 2 heterocycles. The van der Waals surface area contributed by atoms with Gasteiger partial charge in [-0.15, -0.1) is 0 Å². The average Bonchev–Trinajstić information content (AvgIpc) is 2.77. The van der Waals surface area contributed by atoms with Crippen molar-refractivity contribution in [3.63, 3.8) is 0 Å². The van der Waals surface area contributed by atoms with Gasteiger partial charge in [-0.3, -0.25) is 0 Å². The molecule has 1 aromatic carbocycles. The number of aromatic nitrogens is 2. The number of para-hydroxylation sites is 2. The first-order chi connectivity index (χ1) is 7.40. The Kier molecular flexibility index (Phi) is 1.51. The fourth-order valence-corrected chi connectivity index (χ4v) is 1.81. The number of benzene rings is 1. The first kappa shape index (κ1) is 8.01. The van der Waals surface area contributed by atoms with Crippen LogP contribution in [0.3, 0.4) is 0 Å². The Bertz CT molecular complexity index is 689. The third-order valence-electron chi connectivity index (χ3n) is 2.47. The van der Waals surface area contributed by atoms with E-state index in [4.69, 9.17) is 5.26 Å². The van der Waals surface area contributed by atoms with Crippen LogP contribution in [0, 0.1) is 11.3 Å². The molecule has 0 fully saturated rings. The molecule has 70 valence electrons. The lowest BCUT2D eigenvalue weighted by atomic mass is 10.2. The van der Waals surface area contributed by atoms with E-state index in [9.17, 15) is 0 Å². The minimum absolute atomic E-state index is 0.471. The molecule has 0 saturated heterocycles. The van der Waals surface area contributed by atoms with Gasteiger partial charge in [0.15, 0.2) is 5.69 Å². The zero-order valence-electron chi connectivity index (χ0n) is 7.88. The SMILES string of the molecule is N#Cc1nc2ccccc2n2cccc12. The number of nitriles is 1. The van der Waals surface area contributed by atoms with Gasteiger partial charge in [-0.2, -0.15) is 5.26 Å². The molecule has 0 radical (unpaired) electrons. The molecule has 0 aliphatic heterocycles. The van der Waals surface area contributed by atoms with E-state index >= 15 is 0 Å². The number of fused-ring (bicyclic) bond motifs is 3. The Labute approximate surface area is 86.2 Å². The van der Waals surface area contributed by atoms with E-state index in [1.165, 1.54) is 0 Å². The van der Waals surface area contributed by atoms with Crippen molar-refractivity contribution in [2.24, 2.45) is 0 Å². The van der Waals surface area contributed by atoms with Crippen LogP contribution in [0.4, 0.5) is 0 Å². The highest BCUT2D eigenvalue weighted by atomic mass is 14.9. The van der Waals surface area contributed by atoms with Crippen LogP contribution in [0.2, 0.25) is 0 Å². The molecular weight excluding hydrogens is 186 g/mol. The Morgan fingerprint density at radius 1 is 1.07 bits per heavy atom. The maximum atomic E-state index is 8.99. The first-order valence-electron chi connectivity index (χ1n) is 4.66. The van der Waals surface area contributed by atoms with Crippen molar-refractivity contribution in [2.45, 2.75) is 0 Å². The summed E-state index contributed by atoms with van der Waals surface area (Å²) in [5.41, 5.74) is 3.20. The van der Waals surface area contributed by atoms with Gasteiger partial charge in [0, 0.05) is 6.20 Å². The Hall–Kier alpha value is -2.34. The molecule has 0 aliphatic rings. The van der Waals surface area contributed by atoms with E-state index in [1.807, 2.05) is 47.0 Å². The van der Waals surface area contributed by atoms with E-state index in [2.05, 4.69) is 11.1 Å². The molecule has 0 bridgehead atoms. The molecule has 3 heteroatoms. The first-order valence-corrected chi connectivity index (χ1v) is 4.66. The Morgan fingerprint density at radius 2 is 1.87 bits per heavy atom. The average molecular weight is 193 g/mol. The topological polar surface area (TPSA) is 41.1 Å². The van der Waals surface area contributed by atoms with Crippen molar-refractivity contribution < 1.29 is 0 Å². The number of rotatable bonds is 0. The number of hydrogen-bond donors (Lipinski definition) is 0. The second-order valence-corrected chi connectivity index (χ2v) is 3.32. The predicted octanol–water partition coefficient (Wildman–Crippen LogP) is 2.36. The summed E-state index contributed by atoms with van der Waals surface area (Å²) in [7, 11) is 0. The number of hydrogen-bond acceptors (Lipinski definition) is 2. The summed E-state index contributed by atoms with van der Waals surface area (Å²) in [6, 6.07) is 13.7. The fourth-order valence-electron chi connectivity index (χ4n) is 1.81. The third kappa shape index (κ3) is 1.02. The summed E-state index contributed by atoms with van der Waals surface area (Å²) < 4.78 is 1.99. The van der Waals surface area contributed by atoms with Crippen LogP contribution in [0.25, 0.3) is 16.6 Å². The zero-order chi connectivity index (χ0) is 10.3. The molecule has 15 heavy (non-hydrogen) atoms. The van der Waals surface area contributed by atoms with E-state index in [0.717, 1.165) is 16.6 Å². The van der Waals surface area contributed by atoms with Crippen molar-refractivity contribution in [3.8, 4) is 6.07 Å². The van der Waals surface area contributed by atoms with Crippen molar-refractivity contribution in [1.82, 2.24) is 9.38 Å². The lowest BCUT2D eigenvalue weighted by molar-refractivity contribution is 1.20. The fraction of sp³-hybridized carbons (Fsp3) is 0. The minimum Gasteiger partial charge on any atom is -0.312 e. The smallest absolute Gasteiger partial charge is 0.165 e. The van der Waals surface area contributed by atoms with Crippen LogP contribution < -0.4 is 0 Å².